The lowest BCUT2D eigenvalue weighted by atomic mass is 10.2. The molecule has 1 saturated heterocycles. The number of nitriles is 1. The maximum absolute atomic E-state index is 12.6. The monoisotopic (exact) mass is 422 g/mol. The summed E-state index contributed by atoms with van der Waals surface area (Å²) in [6.45, 7) is 3.11. The summed E-state index contributed by atoms with van der Waals surface area (Å²) in [7, 11) is 0. The highest BCUT2D eigenvalue weighted by Crippen LogP contribution is 2.17. The lowest BCUT2D eigenvalue weighted by Gasteiger charge is -2.34. The van der Waals surface area contributed by atoms with Gasteiger partial charge in [0.15, 0.2) is 5.82 Å². The predicted octanol–water partition coefficient (Wildman–Crippen LogP) is 2.54. The minimum absolute atomic E-state index is 0.205. The first kappa shape index (κ1) is 19.8. The fourth-order valence-electron chi connectivity index (χ4n) is 3.28. The lowest BCUT2D eigenvalue weighted by Crippen LogP contribution is -2.49. The van der Waals surface area contributed by atoms with Crippen LogP contribution in [0.2, 0.25) is 5.02 Å². The number of hydrogen-bond donors (Lipinski definition) is 1. The van der Waals surface area contributed by atoms with Crippen LogP contribution in [0, 0.1) is 11.3 Å². The van der Waals surface area contributed by atoms with E-state index < -0.39 is 0 Å². The molecule has 0 saturated carbocycles. The van der Waals surface area contributed by atoms with Gasteiger partial charge in [0.05, 0.1) is 23.5 Å². The minimum Gasteiger partial charge on any atom is -0.322 e. The van der Waals surface area contributed by atoms with E-state index in [0.29, 0.717) is 49.0 Å². The van der Waals surface area contributed by atoms with E-state index in [0.717, 1.165) is 11.5 Å². The van der Waals surface area contributed by atoms with Gasteiger partial charge in [-0.1, -0.05) is 23.7 Å². The van der Waals surface area contributed by atoms with E-state index in [1.165, 1.54) is 0 Å². The van der Waals surface area contributed by atoms with E-state index in [1.54, 1.807) is 46.0 Å². The molecule has 2 heterocycles. The number of nitrogens with zero attached hydrogens (tertiary/aromatic N) is 7. The Morgan fingerprint density at radius 3 is 2.57 bits per heavy atom. The fraction of sp³-hybridized carbons (Fsp3) is 0.250. The molecule has 2 aromatic carbocycles. The summed E-state index contributed by atoms with van der Waals surface area (Å²) < 4.78 is 1.69. The van der Waals surface area contributed by atoms with Gasteiger partial charge >= 0.3 is 6.03 Å². The number of tetrazole rings is 1. The van der Waals surface area contributed by atoms with Crippen LogP contribution in [0.5, 0.6) is 0 Å². The van der Waals surface area contributed by atoms with Gasteiger partial charge in [0, 0.05) is 31.2 Å². The molecule has 10 heteroatoms. The third kappa shape index (κ3) is 4.40. The van der Waals surface area contributed by atoms with Gasteiger partial charge in [-0.25, -0.2) is 4.79 Å². The van der Waals surface area contributed by atoms with Crippen molar-refractivity contribution in [2.75, 3.05) is 31.5 Å². The molecule has 30 heavy (non-hydrogen) atoms. The zero-order valence-corrected chi connectivity index (χ0v) is 16.8. The topological polar surface area (TPSA) is 103 Å². The Bertz CT molecular complexity index is 1070. The number of amides is 2. The van der Waals surface area contributed by atoms with Crippen molar-refractivity contribution in [3.05, 3.63) is 64.9 Å². The Labute approximate surface area is 178 Å². The van der Waals surface area contributed by atoms with Crippen LogP contribution in [0.4, 0.5) is 10.5 Å². The Balaban J connectivity index is 1.34. The highest BCUT2D eigenvalue weighted by Gasteiger charge is 2.23. The Kier molecular flexibility index (Phi) is 5.88. The van der Waals surface area contributed by atoms with Crippen LogP contribution in [0.15, 0.2) is 48.5 Å². The minimum atomic E-state index is -0.205. The maximum Gasteiger partial charge on any atom is 0.321 e. The number of hydrogen-bond acceptors (Lipinski definition) is 6. The van der Waals surface area contributed by atoms with Gasteiger partial charge in [0.25, 0.3) is 0 Å². The molecule has 0 bridgehead atoms. The number of halogens is 1. The average molecular weight is 423 g/mol. The van der Waals surface area contributed by atoms with Crippen molar-refractivity contribution in [3.63, 3.8) is 0 Å². The zero-order valence-electron chi connectivity index (χ0n) is 16.1. The van der Waals surface area contributed by atoms with Crippen molar-refractivity contribution < 1.29 is 4.79 Å². The molecule has 4 rings (SSSR count). The molecule has 9 nitrogen and oxygen atoms in total. The van der Waals surface area contributed by atoms with E-state index >= 15 is 0 Å². The van der Waals surface area contributed by atoms with Crippen molar-refractivity contribution in [2.24, 2.45) is 0 Å². The number of nitrogens with one attached hydrogen (secondary N) is 1. The molecular formula is C20H19ClN8O. The van der Waals surface area contributed by atoms with Gasteiger partial charge in [0.2, 0.25) is 0 Å². The van der Waals surface area contributed by atoms with Crippen LogP contribution < -0.4 is 5.32 Å². The number of aromatic nitrogens is 4. The highest BCUT2D eigenvalue weighted by atomic mass is 35.5. The normalized spacial score (nSPS) is 14.3. The van der Waals surface area contributed by atoms with E-state index in [4.69, 9.17) is 11.6 Å². The van der Waals surface area contributed by atoms with Crippen molar-refractivity contribution >= 4 is 23.3 Å². The largest absolute Gasteiger partial charge is 0.322 e. The number of urea groups is 1. The molecule has 1 aromatic heterocycles. The summed E-state index contributed by atoms with van der Waals surface area (Å²) in [5.74, 6) is 0.721. The lowest BCUT2D eigenvalue weighted by molar-refractivity contribution is 0.140. The summed E-state index contributed by atoms with van der Waals surface area (Å²) in [5.41, 5.74) is 1.81. The van der Waals surface area contributed by atoms with Crippen molar-refractivity contribution in [1.82, 2.24) is 30.0 Å². The SMILES string of the molecule is N#Cc1ccccc1NC(=O)N1CCN(Cc2nnnn2-c2ccc(Cl)cc2)CC1. The molecule has 1 aliphatic rings. The number of para-hydroxylation sites is 1. The number of benzene rings is 2. The molecule has 1 aliphatic heterocycles. The molecular weight excluding hydrogens is 404 g/mol. The third-order valence-electron chi connectivity index (χ3n) is 4.92. The Hall–Kier alpha value is -3.48. The summed E-state index contributed by atoms with van der Waals surface area (Å²) in [6, 6.07) is 16.2. The van der Waals surface area contributed by atoms with Crippen molar-refractivity contribution in [2.45, 2.75) is 6.54 Å². The van der Waals surface area contributed by atoms with Crippen LogP contribution in [0.1, 0.15) is 11.4 Å². The fourth-order valence-corrected chi connectivity index (χ4v) is 3.41. The van der Waals surface area contributed by atoms with Gasteiger partial charge in [0.1, 0.15) is 6.07 Å². The predicted molar refractivity (Wildman–Crippen MR) is 111 cm³/mol. The second-order valence-electron chi connectivity index (χ2n) is 6.83. The number of carbonyl (C=O) groups excluding carboxylic acids is 1. The number of rotatable bonds is 4. The molecule has 1 N–H and O–H groups in total. The van der Waals surface area contributed by atoms with Gasteiger partial charge in [-0.05, 0) is 46.8 Å². The van der Waals surface area contributed by atoms with E-state index in [-0.39, 0.29) is 6.03 Å². The van der Waals surface area contributed by atoms with Gasteiger partial charge in [-0.3, -0.25) is 4.90 Å². The molecule has 152 valence electrons. The smallest absolute Gasteiger partial charge is 0.321 e. The quantitative estimate of drug-likeness (QED) is 0.693. The first-order valence-electron chi connectivity index (χ1n) is 9.44. The maximum atomic E-state index is 12.6. The molecule has 0 radical (unpaired) electrons. The van der Waals surface area contributed by atoms with Crippen LogP contribution in [0.3, 0.4) is 0 Å². The van der Waals surface area contributed by atoms with Gasteiger partial charge in [-0.2, -0.15) is 9.94 Å². The highest BCUT2D eigenvalue weighted by molar-refractivity contribution is 6.30. The van der Waals surface area contributed by atoms with Crippen molar-refractivity contribution in [1.29, 1.82) is 5.26 Å². The van der Waals surface area contributed by atoms with Gasteiger partial charge < -0.3 is 10.2 Å². The third-order valence-corrected chi connectivity index (χ3v) is 5.17. The molecule has 0 aliphatic carbocycles. The van der Waals surface area contributed by atoms with Crippen LogP contribution >= 0.6 is 11.6 Å². The molecule has 1 fully saturated rings. The second-order valence-corrected chi connectivity index (χ2v) is 7.27. The first-order chi connectivity index (χ1) is 14.6. The molecule has 2 amide bonds. The van der Waals surface area contributed by atoms with E-state index in [2.05, 4.69) is 31.8 Å². The summed E-state index contributed by atoms with van der Waals surface area (Å²) in [6.07, 6.45) is 0. The summed E-state index contributed by atoms with van der Waals surface area (Å²) in [4.78, 5) is 16.5. The molecule has 3 aromatic rings. The number of carbonyl (C=O) groups is 1. The number of piperazine rings is 1. The summed E-state index contributed by atoms with van der Waals surface area (Å²) >= 11 is 5.95. The van der Waals surface area contributed by atoms with E-state index in [9.17, 15) is 10.1 Å². The van der Waals surface area contributed by atoms with Gasteiger partial charge in [-0.15, -0.1) is 5.10 Å². The molecule has 0 unspecified atom stereocenters. The Morgan fingerprint density at radius 2 is 1.83 bits per heavy atom. The summed E-state index contributed by atoms with van der Waals surface area (Å²) in [5, 5.41) is 24.7. The van der Waals surface area contributed by atoms with E-state index in [1.807, 2.05) is 12.1 Å². The molecule has 0 spiro atoms. The standard InChI is InChI=1S/C20H19ClN8O/c21-16-5-7-17(8-6-16)29-19(24-25-26-29)14-27-9-11-28(12-10-27)20(30)23-18-4-2-1-3-15(18)13-22/h1-8H,9-12,14H2,(H,23,30). The first-order valence-corrected chi connectivity index (χ1v) is 9.82. The van der Waals surface area contributed by atoms with Crippen LogP contribution in [-0.2, 0) is 6.54 Å². The zero-order chi connectivity index (χ0) is 20.9. The van der Waals surface area contributed by atoms with Crippen LogP contribution in [0.25, 0.3) is 5.69 Å². The van der Waals surface area contributed by atoms with Crippen LogP contribution in [-0.4, -0.2) is 62.2 Å². The average Bonchev–Trinajstić information content (AvgIpc) is 3.23. The van der Waals surface area contributed by atoms with Crippen molar-refractivity contribution in [3.8, 4) is 11.8 Å². The second kappa shape index (κ2) is 8.90. The number of anilines is 1. The Morgan fingerprint density at radius 1 is 1.10 bits per heavy atom. The molecule has 0 atom stereocenters.